The lowest BCUT2D eigenvalue weighted by atomic mass is 9.95. The van der Waals surface area contributed by atoms with Crippen molar-refractivity contribution in [2.24, 2.45) is 5.92 Å². The van der Waals surface area contributed by atoms with Crippen molar-refractivity contribution in [1.29, 1.82) is 0 Å². The second-order valence-electron chi connectivity index (χ2n) is 8.96. The first-order valence-corrected chi connectivity index (χ1v) is 11.8. The largest absolute Gasteiger partial charge is 0.453 e. The molecule has 3 heterocycles. The van der Waals surface area contributed by atoms with Crippen LogP contribution in [0.4, 0.5) is 19.0 Å². The van der Waals surface area contributed by atoms with Gasteiger partial charge in [-0.3, -0.25) is 4.79 Å². The molecule has 1 N–H and O–H groups in total. The van der Waals surface area contributed by atoms with Gasteiger partial charge in [-0.25, -0.2) is 0 Å². The summed E-state index contributed by atoms with van der Waals surface area (Å²) in [7, 11) is 0. The number of rotatable bonds is 5. The predicted octanol–water partition coefficient (Wildman–Crippen LogP) is 4.90. The van der Waals surface area contributed by atoms with E-state index in [9.17, 15) is 18.0 Å². The predicted molar refractivity (Wildman–Crippen MR) is 129 cm³/mol. The van der Waals surface area contributed by atoms with Gasteiger partial charge in [-0.1, -0.05) is 54.6 Å². The third-order valence-electron chi connectivity index (χ3n) is 6.57. The summed E-state index contributed by atoms with van der Waals surface area (Å²) in [6.45, 7) is 2.99. The number of anilines is 1. The van der Waals surface area contributed by atoms with E-state index >= 15 is 0 Å². The third-order valence-corrected chi connectivity index (χ3v) is 6.57. The van der Waals surface area contributed by atoms with Crippen LogP contribution in [-0.4, -0.2) is 38.8 Å². The first-order valence-electron chi connectivity index (χ1n) is 11.8. The number of halogens is 3. The van der Waals surface area contributed by atoms with Gasteiger partial charge >= 0.3 is 6.18 Å². The Bertz CT molecular complexity index is 1350. The van der Waals surface area contributed by atoms with Gasteiger partial charge in [0.1, 0.15) is 5.82 Å². The molecule has 0 saturated carbocycles. The number of fused-ring (bicyclic) bond motifs is 1. The highest BCUT2D eigenvalue weighted by atomic mass is 19.4. The number of hydrogen-bond acceptors (Lipinski definition) is 5. The van der Waals surface area contributed by atoms with Gasteiger partial charge in [0.05, 0.1) is 6.04 Å². The van der Waals surface area contributed by atoms with Crippen molar-refractivity contribution < 1.29 is 18.0 Å². The quantitative estimate of drug-likeness (QED) is 0.427. The summed E-state index contributed by atoms with van der Waals surface area (Å²) in [5.41, 5.74) is 3.31. The molecule has 0 radical (unpaired) electrons. The fourth-order valence-corrected chi connectivity index (χ4v) is 4.50. The highest BCUT2D eigenvalue weighted by molar-refractivity contribution is 5.79. The number of nitrogens with zero attached hydrogens (tertiary/aromatic N) is 5. The zero-order valence-corrected chi connectivity index (χ0v) is 19.6. The molecule has 5 rings (SSSR count). The fraction of sp³-hybridized carbons (Fsp3) is 0.308. The molecule has 10 heteroatoms. The van der Waals surface area contributed by atoms with Crippen molar-refractivity contribution in [2.45, 2.75) is 32.0 Å². The minimum atomic E-state index is -4.64. The van der Waals surface area contributed by atoms with Gasteiger partial charge in [0.15, 0.2) is 5.65 Å². The van der Waals surface area contributed by atoms with Gasteiger partial charge in [0.25, 0.3) is 5.82 Å². The lowest BCUT2D eigenvalue weighted by molar-refractivity contribution is -0.146. The molecular weight excluding hydrogens is 469 g/mol. The smallest absolute Gasteiger partial charge is 0.355 e. The lowest BCUT2D eigenvalue weighted by Crippen LogP contribution is -2.41. The molecule has 1 fully saturated rings. The molecule has 4 aromatic rings. The van der Waals surface area contributed by atoms with E-state index in [0.29, 0.717) is 31.7 Å². The Morgan fingerprint density at radius 1 is 0.944 bits per heavy atom. The SMILES string of the molecule is C[C@@H](NC(=O)C1CCN(c2ccc3nnc(C(F)(F)F)n3n2)CC1)c1ccc(-c2ccccc2)cc1. The molecule has 0 aliphatic carbocycles. The van der Waals surface area contributed by atoms with E-state index in [1.54, 1.807) is 6.07 Å². The molecule has 0 spiro atoms. The van der Waals surface area contributed by atoms with Crippen molar-refractivity contribution >= 4 is 17.4 Å². The number of carbonyl (C=O) groups is 1. The van der Waals surface area contributed by atoms with Crippen LogP contribution in [0.2, 0.25) is 0 Å². The number of amides is 1. The molecule has 36 heavy (non-hydrogen) atoms. The molecule has 186 valence electrons. The zero-order valence-electron chi connectivity index (χ0n) is 19.6. The van der Waals surface area contributed by atoms with Crippen molar-refractivity contribution in [3.05, 3.63) is 78.1 Å². The molecule has 1 atom stereocenters. The maximum absolute atomic E-state index is 13.2. The maximum atomic E-state index is 13.2. The molecule has 1 aliphatic rings. The van der Waals surface area contributed by atoms with E-state index in [1.165, 1.54) is 6.07 Å². The molecule has 7 nitrogen and oxygen atoms in total. The van der Waals surface area contributed by atoms with Crippen LogP contribution >= 0.6 is 0 Å². The Labute approximate surface area is 206 Å². The van der Waals surface area contributed by atoms with Crippen molar-refractivity contribution in [1.82, 2.24) is 25.1 Å². The van der Waals surface area contributed by atoms with E-state index in [-0.39, 0.29) is 23.5 Å². The van der Waals surface area contributed by atoms with E-state index < -0.39 is 12.0 Å². The summed E-state index contributed by atoms with van der Waals surface area (Å²) in [5, 5.41) is 14.0. The maximum Gasteiger partial charge on any atom is 0.453 e. The number of nitrogens with one attached hydrogen (secondary N) is 1. The number of hydrogen-bond donors (Lipinski definition) is 1. The van der Waals surface area contributed by atoms with Gasteiger partial charge in [-0.05, 0) is 48.6 Å². The number of piperidine rings is 1. The van der Waals surface area contributed by atoms with Gasteiger partial charge in [0.2, 0.25) is 5.91 Å². The van der Waals surface area contributed by atoms with Crippen LogP contribution in [0.5, 0.6) is 0 Å². The molecular formula is C26H25F3N6O. The monoisotopic (exact) mass is 494 g/mol. The Hall–Kier alpha value is -3.95. The van der Waals surface area contributed by atoms with Crippen LogP contribution in [0.25, 0.3) is 16.8 Å². The van der Waals surface area contributed by atoms with Crippen LogP contribution < -0.4 is 10.2 Å². The van der Waals surface area contributed by atoms with Crippen molar-refractivity contribution in [3.8, 4) is 11.1 Å². The van der Waals surface area contributed by atoms with E-state index in [1.807, 2.05) is 42.2 Å². The zero-order chi connectivity index (χ0) is 25.3. The van der Waals surface area contributed by atoms with Crippen LogP contribution in [0.1, 0.15) is 37.2 Å². The minimum absolute atomic E-state index is 0.0177. The van der Waals surface area contributed by atoms with Crippen LogP contribution in [0.15, 0.2) is 66.7 Å². The third kappa shape index (κ3) is 4.89. The van der Waals surface area contributed by atoms with Gasteiger partial charge in [-0.15, -0.1) is 15.3 Å². The minimum Gasteiger partial charge on any atom is -0.355 e. The number of aromatic nitrogens is 4. The van der Waals surface area contributed by atoms with E-state index in [0.717, 1.165) is 21.2 Å². The average Bonchev–Trinajstić information content (AvgIpc) is 3.33. The number of benzene rings is 2. The van der Waals surface area contributed by atoms with E-state index in [4.69, 9.17) is 0 Å². The molecule has 1 amide bonds. The van der Waals surface area contributed by atoms with E-state index in [2.05, 4.69) is 44.9 Å². The lowest BCUT2D eigenvalue weighted by Gasteiger charge is -2.32. The van der Waals surface area contributed by atoms with Gasteiger partial charge < -0.3 is 10.2 Å². The highest BCUT2D eigenvalue weighted by Gasteiger charge is 2.38. The second kappa shape index (κ2) is 9.60. The fourth-order valence-electron chi connectivity index (χ4n) is 4.50. The van der Waals surface area contributed by atoms with Gasteiger partial charge in [-0.2, -0.15) is 17.7 Å². The molecule has 1 aliphatic heterocycles. The van der Waals surface area contributed by atoms with Crippen molar-refractivity contribution in [2.75, 3.05) is 18.0 Å². The summed E-state index contributed by atoms with van der Waals surface area (Å²) in [4.78, 5) is 14.8. The van der Waals surface area contributed by atoms with Crippen LogP contribution in [0, 0.1) is 5.92 Å². The molecule has 0 unspecified atom stereocenters. The standard InChI is InChI=1S/C26H25F3N6O/c1-17(18-7-9-20(10-8-18)19-5-3-2-4-6-19)30-24(36)21-13-15-34(16-14-21)23-12-11-22-31-32-25(26(27,28)29)35(22)33-23/h2-12,17,21H,13-16H2,1H3,(H,30,36)/t17-/m1/s1. The summed E-state index contributed by atoms with van der Waals surface area (Å²) in [5.74, 6) is -0.939. The Morgan fingerprint density at radius 2 is 1.61 bits per heavy atom. The molecule has 1 saturated heterocycles. The second-order valence-corrected chi connectivity index (χ2v) is 8.96. The molecule has 2 aromatic carbocycles. The van der Waals surface area contributed by atoms with Crippen molar-refractivity contribution in [3.63, 3.8) is 0 Å². The molecule has 2 aromatic heterocycles. The number of alkyl halides is 3. The Morgan fingerprint density at radius 3 is 2.28 bits per heavy atom. The number of carbonyl (C=O) groups excluding carboxylic acids is 1. The van der Waals surface area contributed by atoms with Crippen LogP contribution in [0.3, 0.4) is 0 Å². The highest BCUT2D eigenvalue weighted by Crippen LogP contribution is 2.29. The summed E-state index contributed by atoms with van der Waals surface area (Å²) in [6, 6.07) is 21.2. The first-order chi connectivity index (χ1) is 17.3. The summed E-state index contributed by atoms with van der Waals surface area (Å²) < 4.78 is 40.2. The van der Waals surface area contributed by atoms with Gasteiger partial charge in [0, 0.05) is 19.0 Å². The topological polar surface area (TPSA) is 75.4 Å². The Balaban J connectivity index is 1.19. The normalized spacial score (nSPS) is 15.7. The summed E-state index contributed by atoms with van der Waals surface area (Å²) in [6.07, 6.45) is -3.48. The summed E-state index contributed by atoms with van der Waals surface area (Å²) >= 11 is 0. The van der Waals surface area contributed by atoms with Crippen LogP contribution in [-0.2, 0) is 11.0 Å². The molecule has 0 bridgehead atoms. The first kappa shape index (κ1) is 23.8. The average molecular weight is 495 g/mol. The Kier molecular flexibility index (Phi) is 6.34.